The minimum atomic E-state index is -0.472. The van der Waals surface area contributed by atoms with E-state index in [0.29, 0.717) is 18.8 Å². The number of nitrogens with zero attached hydrogens (tertiary/aromatic N) is 2. The second-order valence-corrected chi connectivity index (χ2v) is 4.89. The van der Waals surface area contributed by atoms with Gasteiger partial charge in [0.1, 0.15) is 0 Å². The first-order valence-corrected chi connectivity index (χ1v) is 7.34. The highest BCUT2D eigenvalue weighted by Gasteiger charge is 2.21. The van der Waals surface area contributed by atoms with E-state index >= 15 is 0 Å². The Bertz CT molecular complexity index is 486. The van der Waals surface area contributed by atoms with Gasteiger partial charge in [-0.05, 0) is 25.0 Å². The molecule has 0 aliphatic carbocycles. The summed E-state index contributed by atoms with van der Waals surface area (Å²) >= 11 is 0. The number of ether oxygens (including phenoxy) is 1. The van der Waals surface area contributed by atoms with Gasteiger partial charge in [0.25, 0.3) is 5.69 Å². The average molecular weight is 309 g/mol. The number of anilines is 1. The summed E-state index contributed by atoms with van der Waals surface area (Å²) in [4.78, 5) is 24.3. The molecule has 1 aromatic rings. The van der Waals surface area contributed by atoms with Gasteiger partial charge in [0, 0.05) is 37.5 Å². The molecule has 0 saturated carbocycles. The Kier molecular flexibility index (Phi) is 7.31. The predicted molar refractivity (Wildman–Crippen MR) is 85.1 cm³/mol. The van der Waals surface area contributed by atoms with Crippen LogP contribution < -0.4 is 5.32 Å². The van der Waals surface area contributed by atoms with Crippen LogP contribution in [0.15, 0.2) is 24.3 Å². The van der Waals surface area contributed by atoms with Gasteiger partial charge in [0.2, 0.25) is 0 Å². The van der Waals surface area contributed by atoms with Gasteiger partial charge in [0.05, 0.1) is 11.5 Å². The molecular weight excluding hydrogens is 286 g/mol. The van der Waals surface area contributed by atoms with Crippen LogP contribution in [-0.4, -0.2) is 42.2 Å². The SMILES string of the molecule is CCC(CC)N(CCOC)C(=O)Nc1ccc([N+](=O)[O-])cc1. The third-order valence-corrected chi connectivity index (χ3v) is 3.51. The van der Waals surface area contributed by atoms with E-state index in [-0.39, 0.29) is 17.8 Å². The van der Waals surface area contributed by atoms with Crippen LogP contribution in [0.4, 0.5) is 16.2 Å². The maximum atomic E-state index is 12.4. The van der Waals surface area contributed by atoms with Crippen LogP contribution in [0.5, 0.6) is 0 Å². The summed E-state index contributed by atoms with van der Waals surface area (Å²) in [5, 5.41) is 13.4. The molecule has 1 aromatic carbocycles. The van der Waals surface area contributed by atoms with Crippen molar-refractivity contribution in [2.45, 2.75) is 32.7 Å². The molecule has 0 radical (unpaired) electrons. The molecule has 0 spiro atoms. The normalized spacial score (nSPS) is 10.5. The number of rotatable bonds is 8. The molecule has 0 aliphatic heterocycles. The predicted octanol–water partition coefficient (Wildman–Crippen LogP) is 3.26. The van der Waals surface area contributed by atoms with Crippen molar-refractivity contribution in [3.8, 4) is 0 Å². The van der Waals surface area contributed by atoms with Gasteiger partial charge in [0.15, 0.2) is 0 Å². The van der Waals surface area contributed by atoms with E-state index in [2.05, 4.69) is 5.32 Å². The molecule has 0 atom stereocenters. The highest BCUT2D eigenvalue weighted by Crippen LogP contribution is 2.17. The minimum Gasteiger partial charge on any atom is -0.383 e. The van der Waals surface area contributed by atoms with Crippen molar-refractivity contribution in [2.24, 2.45) is 0 Å². The largest absolute Gasteiger partial charge is 0.383 e. The van der Waals surface area contributed by atoms with E-state index in [1.807, 2.05) is 13.8 Å². The zero-order valence-electron chi connectivity index (χ0n) is 13.2. The Balaban J connectivity index is 2.78. The van der Waals surface area contributed by atoms with Crippen molar-refractivity contribution >= 4 is 17.4 Å². The number of nitro groups is 1. The third kappa shape index (κ3) is 5.00. The molecule has 0 aliphatic rings. The number of nitro benzene ring substituents is 1. The summed E-state index contributed by atoms with van der Waals surface area (Å²) in [5.41, 5.74) is 0.526. The lowest BCUT2D eigenvalue weighted by atomic mass is 10.1. The lowest BCUT2D eigenvalue weighted by Crippen LogP contribution is -2.44. The Morgan fingerprint density at radius 1 is 1.32 bits per heavy atom. The number of urea groups is 1. The van der Waals surface area contributed by atoms with E-state index in [1.165, 1.54) is 24.3 Å². The molecule has 0 unspecified atom stereocenters. The topological polar surface area (TPSA) is 84.7 Å². The summed E-state index contributed by atoms with van der Waals surface area (Å²) in [5.74, 6) is 0. The van der Waals surface area contributed by atoms with Crippen molar-refractivity contribution < 1.29 is 14.5 Å². The summed E-state index contributed by atoms with van der Waals surface area (Å²) < 4.78 is 5.06. The molecule has 0 saturated heterocycles. The first-order chi connectivity index (χ1) is 10.5. The number of carbonyl (C=O) groups is 1. The molecular formula is C15H23N3O4. The molecule has 0 aromatic heterocycles. The van der Waals surface area contributed by atoms with Crippen LogP contribution in [0.3, 0.4) is 0 Å². The van der Waals surface area contributed by atoms with Gasteiger partial charge in [-0.25, -0.2) is 4.79 Å². The summed E-state index contributed by atoms with van der Waals surface area (Å²) in [6.07, 6.45) is 1.71. The third-order valence-electron chi connectivity index (χ3n) is 3.51. The zero-order valence-corrected chi connectivity index (χ0v) is 13.2. The molecule has 7 nitrogen and oxygen atoms in total. The number of non-ortho nitro benzene ring substituents is 1. The van der Waals surface area contributed by atoms with Crippen LogP contribution in [0, 0.1) is 10.1 Å². The minimum absolute atomic E-state index is 0.00534. The van der Waals surface area contributed by atoms with Crippen molar-refractivity contribution in [2.75, 3.05) is 25.6 Å². The number of amides is 2. The Hall–Kier alpha value is -2.15. The van der Waals surface area contributed by atoms with Crippen molar-refractivity contribution in [3.63, 3.8) is 0 Å². The van der Waals surface area contributed by atoms with Crippen LogP contribution in [0.1, 0.15) is 26.7 Å². The number of methoxy groups -OCH3 is 1. The molecule has 0 fully saturated rings. The fraction of sp³-hybridized carbons (Fsp3) is 0.533. The number of benzene rings is 1. The maximum Gasteiger partial charge on any atom is 0.322 e. The first-order valence-electron chi connectivity index (χ1n) is 7.34. The highest BCUT2D eigenvalue weighted by atomic mass is 16.6. The molecule has 2 amide bonds. The lowest BCUT2D eigenvalue weighted by molar-refractivity contribution is -0.384. The van der Waals surface area contributed by atoms with E-state index < -0.39 is 4.92 Å². The van der Waals surface area contributed by atoms with Gasteiger partial charge in [-0.15, -0.1) is 0 Å². The number of carbonyl (C=O) groups excluding carboxylic acids is 1. The lowest BCUT2D eigenvalue weighted by Gasteiger charge is -2.30. The van der Waals surface area contributed by atoms with Crippen LogP contribution >= 0.6 is 0 Å². The second kappa shape index (κ2) is 8.99. The smallest absolute Gasteiger partial charge is 0.322 e. The van der Waals surface area contributed by atoms with Gasteiger partial charge in [-0.1, -0.05) is 13.8 Å². The number of hydrogen-bond acceptors (Lipinski definition) is 4. The van der Waals surface area contributed by atoms with Crippen molar-refractivity contribution in [1.82, 2.24) is 4.90 Å². The number of hydrogen-bond donors (Lipinski definition) is 1. The Labute approximate surface area is 130 Å². The fourth-order valence-corrected chi connectivity index (χ4v) is 2.23. The van der Waals surface area contributed by atoms with Crippen LogP contribution in [-0.2, 0) is 4.74 Å². The van der Waals surface area contributed by atoms with Gasteiger partial charge in [-0.3, -0.25) is 10.1 Å². The highest BCUT2D eigenvalue weighted by molar-refractivity contribution is 5.89. The fourth-order valence-electron chi connectivity index (χ4n) is 2.23. The van der Waals surface area contributed by atoms with E-state index in [4.69, 9.17) is 4.74 Å². The number of nitrogens with one attached hydrogen (secondary N) is 1. The van der Waals surface area contributed by atoms with E-state index in [1.54, 1.807) is 12.0 Å². The van der Waals surface area contributed by atoms with Crippen LogP contribution in [0.2, 0.25) is 0 Å². The van der Waals surface area contributed by atoms with Crippen molar-refractivity contribution in [3.05, 3.63) is 34.4 Å². The average Bonchev–Trinajstić information content (AvgIpc) is 2.51. The van der Waals surface area contributed by atoms with Gasteiger partial charge in [-0.2, -0.15) is 0 Å². The summed E-state index contributed by atoms with van der Waals surface area (Å²) in [7, 11) is 1.60. The quantitative estimate of drug-likeness (QED) is 0.590. The molecule has 0 heterocycles. The monoisotopic (exact) mass is 309 g/mol. The van der Waals surface area contributed by atoms with Crippen LogP contribution in [0.25, 0.3) is 0 Å². The molecule has 0 bridgehead atoms. The zero-order chi connectivity index (χ0) is 16.5. The Morgan fingerprint density at radius 2 is 1.91 bits per heavy atom. The van der Waals surface area contributed by atoms with E-state index in [9.17, 15) is 14.9 Å². The first kappa shape index (κ1) is 17.9. The van der Waals surface area contributed by atoms with E-state index in [0.717, 1.165) is 12.8 Å². The van der Waals surface area contributed by atoms with Gasteiger partial charge >= 0.3 is 6.03 Å². The molecule has 122 valence electrons. The molecule has 7 heteroatoms. The molecule has 22 heavy (non-hydrogen) atoms. The summed E-state index contributed by atoms with van der Waals surface area (Å²) in [6.45, 7) is 5.03. The van der Waals surface area contributed by atoms with Gasteiger partial charge < -0.3 is 15.0 Å². The standard InChI is InChI=1S/C15H23N3O4/c1-4-13(5-2)17(10-11-22-3)15(19)16-12-6-8-14(9-7-12)18(20)21/h6-9,13H,4-5,10-11H2,1-3H3,(H,16,19). The molecule has 1 N–H and O–H groups in total. The maximum absolute atomic E-state index is 12.4. The van der Waals surface area contributed by atoms with Crippen molar-refractivity contribution in [1.29, 1.82) is 0 Å². The Morgan fingerprint density at radius 3 is 2.36 bits per heavy atom. The summed E-state index contributed by atoms with van der Waals surface area (Å²) in [6, 6.07) is 5.70. The second-order valence-electron chi connectivity index (χ2n) is 4.89. The molecule has 1 rings (SSSR count).